The Hall–Kier alpha value is -4.52. The number of rotatable bonds is 13. The fraction of sp³-hybridized carbons (Fsp3) is 0.405. The van der Waals surface area contributed by atoms with E-state index in [0.29, 0.717) is 17.3 Å². The van der Waals surface area contributed by atoms with Crippen LogP contribution < -0.4 is 27.0 Å². The van der Waals surface area contributed by atoms with E-state index in [4.69, 9.17) is 0 Å². The number of hydrazine groups is 1. The van der Waals surface area contributed by atoms with Crippen LogP contribution in [-0.2, 0) is 6.54 Å². The molecule has 0 bridgehead atoms. The van der Waals surface area contributed by atoms with Gasteiger partial charge in [0.25, 0.3) is 11.5 Å². The van der Waals surface area contributed by atoms with Crippen LogP contribution in [0.3, 0.4) is 0 Å². The molecule has 1 aliphatic carbocycles. The molecule has 1 unspecified atom stereocenters. The van der Waals surface area contributed by atoms with Gasteiger partial charge >= 0.3 is 0 Å². The molecule has 1 aliphatic heterocycles. The number of hydrogen-bond donors (Lipinski definition) is 4. The molecule has 49 heavy (non-hydrogen) atoms. The first-order valence-corrected chi connectivity index (χ1v) is 17.1. The van der Waals surface area contributed by atoms with Gasteiger partial charge in [-0.15, -0.1) is 0 Å². The smallest absolute Gasteiger partial charge is 0.284 e. The van der Waals surface area contributed by atoms with Crippen molar-refractivity contribution in [2.75, 3.05) is 37.4 Å². The molecular formula is C37H46F2N8O2. The molecule has 6 rings (SSSR count). The van der Waals surface area contributed by atoms with Crippen molar-refractivity contribution < 1.29 is 13.6 Å². The average molecular weight is 673 g/mol. The topological polar surface area (TPSA) is 116 Å². The van der Waals surface area contributed by atoms with Crippen LogP contribution >= 0.6 is 0 Å². The average Bonchev–Trinajstić information content (AvgIpc) is 3.82. The van der Waals surface area contributed by atoms with E-state index in [-0.39, 0.29) is 11.3 Å². The van der Waals surface area contributed by atoms with Gasteiger partial charge in [-0.1, -0.05) is 19.4 Å². The van der Waals surface area contributed by atoms with Gasteiger partial charge < -0.3 is 21.0 Å². The van der Waals surface area contributed by atoms with Crippen molar-refractivity contribution in [1.29, 1.82) is 0 Å². The minimum atomic E-state index is -0.688. The second-order valence-corrected chi connectivity index (χ2v) is 12.6. The van der Waals surface area contributed by atoms with E-state index in [2.05, 4.69) is 49.5 Å². The van der Waals surface area contributed by atoms with Gasteiger partial charge in [-0.05, 0) is 118 Å². The van der Waals surface area contributed by atoms with Gasteiger partial charge in [0.1, 0.15) is 23.0 Å². The first kappa shape index (κ1) is 35.8. The van der Waals surface area contributed by atoms with E-state index in [9.17, 15) is 18.4 Å². The Morgan fingerprint density at radius 3 is 2.45 bits per heavy atom. The number of aryl methyl sites for hydroxylation is 1. The molecule has 0 spiro atoms. The summed E-state index contributed by atoms with van der Waals surface area (Å²) in [5.41, 5.74) is 9.24. The Labute approximate surface area is 286 Å². The van der Waals surface area contributed by atoms with Crippen LogP contribution in [0.2, 0.25) is 0 Å². The first-order valence-electron chi connectivity index (χ1n) is 17.1. The molecular weight excluding hydrogens is 626 g/mol. The summed E-state index contributed by atoms with van der Waals surface area (Å²) in [5.74, 6) is 0.117. The van der Waals surface area contributed by atoms with Crippen LogP contribution in [0.25, 0.3) is 5.69 Å². The molecule has 4 aromatic rings. The van der Waals surface area contributed by atoms with Crippen molar-refractivity contribution in [3.05, 3.63) is 111 Å². The van der Waals surface area contributed by atoms with Crippen molar-refractivity contribution in [1.82, 2.24) is 30.4 Å². The maximum Gasteiger partial charge on any atom is 0.284 e. The van der Waals surface area contributed by atoms with Gasteiger partial charge in [0, 0.05) is 49.8 Å². The molecule has 2 fully saturated rings. The van der Waals surface area contributed by atoms with E-state index in [1.165, 1.54) is 124 Å². The summed E-state index contributed by atoms with van der Waals surface area (Å²) in [6, 6.07) is 13.4. The molecule has 3 heterocycles. The number of amides is 1. The molecule has 1 saturated carbocycles. The third kappa shape index (κ3) is 9.78. The summed E-state index contributed by atoms with van der Waals surface area (Å²) in [7, 11) is 1.90. The maximum absolute atomic E-state index is 13.6. The summed E-state index contributed by atoms with van der Waals surface area (Å²) in [4.78, 5) is 32.0. The molecule has 1 amide bonds. The lowest BCUT2D eigenvalue weighted by atomic mass is 10.0. The highest BCUT2D eigenvalue weighted by Crippen LogP contribution is 2.42. The molecule has 4 N–H and O–H groups in total. The van der Waals surface area contributed by atoms with Gasteiger partial charge in [0.05, 0.1) is 5.69 Å². The van der Waals surface area contributed by atoms with Crippen molar-refractivity contribution in [3.63, 3.8) is 0 Å². The quantitative estimate of drug-likeness (QED) is 0.129. The number of benzene rings is 2. The van der Waals surface area contributed by atoms with Gasteiger partial charge in [-0.25, -0.2) is 19.2 Å². The maximum atomic E-state index is 13.6. The monoisotopic (exact) mass is 672 g/mol. The Balaban J connectivity index is 0.000000191. The second kappa shape index (κ2) is 17.2. The number of aromatic nitrogens is 3. The van der Waals surface area contributed by atoms with Crippen LogP contribution in [-0.4, -0.2) is 58.3 Å². The zero-order valence-corrected chi connectivity index (χ0v) is 28.4. The zero-order valence-electron chi connectivity index (χ0n) is 28.4. The van der Waals surface area contributed by atoms with E-state index in [0.717, 1.165) is 23.0 Å². The first-order chi connectivity index (χ1) is 23.8. The number of nitrogens with one attached hydrogen (secondary N) is 4. The third-order valence-electron chi connectivity index (χ3n) is 8.83. The molecule has 12 heteroatoms. The Morgan fingerprint density at radius 1 is 1.02 bits per heavy atom. The second-order valence-electron chi connectivity index (χ2n) is 12.6. The fourth-order valence-electron chi connectivity index (χ4n) is 6.05. The fourth-order valence-corrected chi connectivity index (χ4v) is 6.05. The van der Waals surface area contributed by atoms with E-state index >= 15 is 0 Å². The summed E-state index contributed by atoms with van der Waals surface area (Å²) in [5, 5.41) is 10.2. The normalized spacial score (nSPS) is 15.0. The number of halogens is 2. The lowest BCUT2D eigenvalue weighted by molar-refractivity contribution is 0.102. The lowest BCUT2D eigenvalue weighted by Gasteiger charge is -2.25. The lowest BCUT2D eigenvalue weighted by Crippen LogP contribution is -2.40. The van der Waals surface area contributed by atoms with Crippen LogP contribution in [0.5, 0.6) is 0 Å². The summed E-state index contributed by atoms with van der Waals surface area (Å²) < 4.78 is 27.6. The molecule has 260 valence electrons. The van der Waals surface area contributed by atoms with Crippen LogP contribution in [0.15, 0.2) is 71.8 Å². The highest BCUT2D eigenvalue weighted by molar-refractivity contribution is 6.04. The van der Waals surface area contributed by atoms with Crippen molar-refractivity contribution in [2.24, 2.45) is 0 Å². The standard InChI is InChI=1S/C19H33N5.C18H13F2N3O2/c1-3-6-16(14-24-11-4-5-12-24)22-13-18-17(15-7-8-15)9-10-21-19(18)23-20-2;1-11-2-5-13(10-16(11)20)22-17(24)15-8-9-21-23(18(15)25)14-6-3-12(19)4-7-14/h9-10,15-16,20,22H,3-8,11-14H2,1-2H3,(H,21,23);2-10H,1H3,(H,22,24). The Bertz CT molecular complexity index is 1750. The molecule has 1 atom stereocenters. The van der Waals surface area contributed by atoms with E-state index in [1.54, 1.807) is 6.92 Å². The zero-order chi connectivity index (χ0) is 34.8. The minimum absolute atomic E-state index is 0.166. The summed E-state index contributed by atoms with van der Waals surface area (Å²) in [6.45, 7) is 8.52. The number of likely N-dealkylation sites (tertiary alicyclic amines) is 1. The largest absolute Gasteiger partial charge is 0.322 e. The molecule has 2 aromatic carbocycles. The predicted octanol–water partition coefficient (Wildman–Crippen LogP) is 5.93. The number of hydrogen-bond acceptors (Lipinski definition) is 8. The number of carbonyl (C=O) groups excluding carboxylic acids is 1. The minimum Gasteiger partial charge on any atom is -0.322 e. The van der Waals surface area contributed by atoms with Crippen molar-refractivity contribution in [2.45, 2.75) is 70.9 Å². The number of anilines is 2. The highest BCUT2D eigenvalue weighted by Gasteiger charge is 2.28. The summed E-state index contributed by atoms with van der Waals surface area (Å²) >= 11 is 0. The van der Waals surface area contributed by atoms with Gasteiger partial charge in [0.2, 0.25) is 0 Å². The van der Waals surface area contributed by atoms with E-state index in [1.807, 2.05) is 13.2 Å². The van der Waals surface area contributed by atoms with Gasteiger partial charge in [0.15, 0.2) is 0 Å². The Kier molecular flexibility index (Phi) is 12.6. The van der Waals surface area contributed by atoms with Crippen molar-refractivity contribution in [3.8, 4) is 5.69 Å². The van der Waals surface area contributed by atoms with E-state index < -0.39 is 23.1 Å². The Morgan fingerprint density at radius 2 is 1.78 bits per heavy atom. The molecule has 1 saturated heterocycles. The van der Waals surface area contributed by atoms with Gasteiger partial charge in [-0.2, -0.15) is 9.78 Å². The number of carbonyl (C=O) groups is 1. The highest BCUT2D eigenvalue weighted by atomic mass is 19.1. The number of pyridine rings is 1. The summed E-state index contributed by atoms with van der Waals surface area (Å²) in [6.07, 6.45) is 11.1. The predicted molar refractivity (Wildman–Crippen MR) is 189 cm³/mol. The van der Waals surface area contributed by atoms with Crippen molar-refractivity contribution >= 4 is 17.4 Å². The van der Waals surface area contributed by atoms with Crippen LogP contribution in [0, 0.1) is 18.6 Å². The molecule has 2 aliphatic rings. The number of nitrogens with zero attached hydrogens (tertiary/aromatic N) is 4. The van der Waals surface area contributed by atoms with Crippen LogP contribution in [0.1, 0.15) is 78.4 Å². The molecule has 2 aromatic heterocycles. The third-order valence-corrected chi connectivity index (χ3v) is 8.83. The molecule has 0 radical (unpaired) electrons. The van der Waals surface area contributed by atoms with Crippen LogP contribution in [0.4, 0.5) is 20.3 Å². The molecule has 10 nitrogen and oxygen atoms in total. The van der Waals surface area contributed by atoms with Gasteiger partial charge in [-0.3, -0.25) is 9.59 Å². The SMILES string of the molecule is CCCC(CN1CCCC1)NCc1c(C2CC2)ccnc1NNC.Cc1ccc(NC(=O)c2ccnn(-c3ccc(F)cc3)c2=O)cc1F.